The molecule has 0 radical (unpaired) electrons. The number of nitrogens with one attached hydrogen (secondary N) is 2. The molecule has 2 N–H and O–H groups in total. The first-order valence-corrected chi connectivity index (χ1v) is 8.11. The first-order valence-electron chi connectivity index (χ1n) is 8.11. The van der Waals surface area contributed by atoms with Crippen LogP contribution < -0.4 is 15.5 Å². The normalized spacial score (nSPS) is 25.9. The molecule has 0 saturated carbocycles. The molecule has 2 fully saturated rings. The zero-order valence-electron chi connectivity index (χ0n) is 12.8. The van der Waals surface area contributed by atoms with Crippen molar-refractivity contribution in [2.24, 2.45) is 5.92 Å². The minimum absolute atomic E-state index is 0.138. The van der Waals surface area contributed by atoms with Crippen molar-refractivity contribution in [3.8, 4) is 0 Å². The lowest BCUT2D eigenvalue weighted by atomic mass is 9.92. The first-order chi connectivity index (χ1) is 10.2. The van der Waals surface area contributed by atoms with E-state index in [0.717, 1.165) is 38.2 Å². The molecule has 2 atom stereocenters. The summed E-state index contributed by atoms with van der Waals surface area (Å²) in [7, 11) is 0. The molecule has 2 heterocycles. The van der Waals surface area contributed by atoms with E-state index in [1.807, 2.05) is 12.1 Å². The highest BCUT2D eigenvalue weighted by atomic mass is 16.1. The van der Waals surface area contributed by atoms with Gasteiger partial charge in [0.2, 0.25) is 5.91 Å². The SMILES string of the molecule is CC1CC(C(=O)Nc2ccc(N3CCCC3)cc2)CCN1. The van der Waals surface area contributed by atoms with Crippen LogP contribution in [0.4, 0.5) is 11.4 Å². The van der Waals surface area contributed by atoms with E-state index in [9.17, 15) is 4.79 Å². The highest BCUT2D eigenvalue weighted by molar-refractivity contribution is 5.92. The Morgan fingerprint density at radius 1 is 1.24 bits per heavy atom. The number of nitrogens with zero attached hydrogens (tertiary/aromatic N) is 1. The second-order valence-corrected chi connectivity index (χ2v) is 6.31. The molecule has 0 aliphatic carbocycles. The van der Waals surface area contributed by atoms with Crippen LogP contribution >= 0.6 is 0 Å². The Bertz CT molecular complexity index is 479. The van der Waals surface area contributed by atoms with Crippen LogP contribution in [0.2, 0.25) is 0 Å². The van der Waals surface area contributed by atoms with Gasteiger partial charge in [-0.2, -0.15) is 0 Å². The topological polar surface area (TPSA) is 44.4 Å². The number of hydrogen-bond donors (Lipinski definition) is 2. The summed E-state index contributed by atoms with van der Waals surface area (Å²) in [5, 5.41) is 6.45. The minimum atomic E-state index is 0.138. The van der Waals surface area contributed by atoms with Gasteiger partial charge in [-0.1, -0.05) is 0 Å². The molecule has 0 spiro atoms. The lowest BCUT2D eigenvalue weighted by Crippen LogP contribution is -2.40. The van der Waals surface area contributed by atoms with Crippen molar-refractivity contribution in [1.29, 1.82) is 0 Å². The van der Waals surface area contributed by atoms with Gasteiger partial charge in [0.15, 0.2) is 0 Å². The van der Waals surface area contributed by atoms with Crippen LogP contribution in [0, 0.1) is 5.92 Å². The maximum atomic E-state index is 12.3. The van der Waals surface area contributed by atoms with Crippen LogP contribution in [0.5, 0.6) is 0 Å². The van der Waals surface area contributed by atoms with E-state index < -0.39 is 0 Å². The average Bonchev–Trinajstić information content (AvgIpc) is 3.02. The predicted octanol–water partition coefficient (Wildman–Crippen LogP) is 2.61. The quantitative estimate of drug-likeness (QED) is 0.898. The van der Waals surface area contributed by atoms with Gasteiger partial charge in [-0.05, 0) is 63.4 Å². The molecule has 2 aliphatic heterocycles. The van der Waals surface area contributed by atoms with Gasteiger partial charge in [0, 0.05) is 36.4 Å². The Hall–Kier alpha value is -1.55. The Morgan fingerprint density at radius 2 is 1.95 bits per heavy atom. The van der Waals surface area contributed by atoms with E-state index in [1.54, 1.807) is 0 Å². The summed E-state index contributed by atoms with van der Waals surface area (Å²) in [6, 6.07) is 8.72. The van der Waals surface area contributed by atoms with Crippen LogP contribution in [-0.2, 0) is 4.79 Å². The number of carbonyl (C=O) groups is 1. The molecule has 2 aliphatic rings. The summed E-state index contributed by atoms with van der Waals surface area (Å²) >= 11 is 0. The molecule has 21 heavy (non-hydrogen) atoms. The molecule has 2 saturated heterocycles. The smallest absolute Gasteiger partial charge is 0.227 e. The molecule has 3 rings (SSSR count). The van der Waals surface area contributed by atoms with Crippen molar-refractivity contribution in [3.05, 3.63) is 24.3 Å². The lowest BCUT2D eigenvalue weighted by Gasteiger charge is -2.27. The Morgan fingerprint density at radius 3 is 2.62 bits per heavy atom. The standard InChI is InChI=1S/C17H25N3O/c1-13-12-14(8-9-18-13)17(21)19-15-4-6-16(7-5-15)20-10-2-3-11-20/h4-7,13-14,18H,2-3,8-12H2,1H3,(H,19,21). The second-order valence-electron chi connectivity index (χ2n) is 6.31. The van der Waals surface area contributed by atoms with Crippen molar-refractivity contribution >= 4 is 17.3 Å². The lowest BCUT2D eigenvalue weighted by molar-refractivity contribution is -0.120. The van der Waals surface area contributed by atoms with Crippen LogP contribution in [-0.4, -0.2) is 31.6 Å². The summed E-state index contributed by atoms with van der Waals surface area (Å²) in [4.78, 5) is 14.7. The fourth-order valence-electron chi connectivity index (χ4n) is 3.35. The zero-order chi connectivity index (χ0) is 14.7. The summed E-state index contributed by atoms with van der Waals surface area (Å²) in [5.41, 5.74) is 2.18. The second kappa shape index (κ2) is 6.48. The number of hydrogen-bond acceptors (Lipinski definition) is 3. The van der Waals surface area contributed by atoms with Crippen LogP contribution in [0.15, 0.2) is 24.3 Å². The van der Waals surface area contributed by atoms with E-state index in [1.165, 1.54) is 18.5 Å². The zero-order valence-corrected chi connectivity index (χ0v) is 12.8. The number of amides is 1. The van der Waals surface area contributed by atoms with Crippen molar-refractivity contribution in [2.45, 2.75) is 38.6 Å². The number of piperidine rings is 1. The Labute approximate surface area is 126 Å². The Kier molecular flexibility index (Phi) is 4.44. The van der Waals surface area contributed by atoms with E-state index in [-0.39, 0.29) is 11.8 Å². The molecule has 1 aromatic carbocycles. The Balaban J connectivity index is 1.58. The predicted molar refractivity (Wildman–Crippen MR) is 86.7 cm³/mol. The monoisotopic (exact) mass is 287 g/mol. The van der Waals surface area contributed by atoms with Gasteiger partial charge in [0.05, 0.1) is 0 Å². The molecule has 0 aromatic heterocycles. The molecule has 4 nitrogen and oxygen atoms in total. The number of carbonyl (C=O) groups excluding carboxylic acids is 1. The maximum Gasteiger partial charge on any atom is 0.227 e. The largest absolute Gasteiger partial charge is 0.372 e. The summed E-state index contributed by atoms with van der Waals surface area (Å²) in [6.07, 6.45) is 4.43. The van der Waals surface area contributed by atoms with Gasteiger partial charge in [0.25, 0.3) is 0 Å². The number of rotatable bonds is 3. The van der Waals surface area contributed by atoms with Gasteiger partial charge < -0.3 is 15.5 Å². The van der Waals surface area contributed by atoms with Crippen LogP contribution in [0.1, 0.15) is 32.6 Å². The molecule has 4 heteroatoms. The fourth-order valence-corrected chi connectivity index (χ4v) is 3.35. The third kappa shape index (κ3) is 3.56. The van der Waals surface area contributed by atoms with Gasteiger partial charge in [-0.3, -0.25) is 4.79 Å². The first kappa shape index (κ1) is 14.4. The van der Waals surface area contributed by atoms with Gasteiger partial charge in [-0.25, -0.2) is 0 Å². The highest BCUT2D eigenvalue weighted by Crippen LogP contribution is 2.23. The third-order valence-electron chi connectivity index (χ3n) is 4.60. The van der Waals surface area contributed by atoms with E-state index in [4.69, 9.17) is 0 Å². The van der Waals surface area contributed by atoms with Gasteiger partial charge >= 0.3 is 0 Å². The van der Waals surface area contributed by atoms with Gasteiger partial charge in [0.1, 0.15) is 0 Å². The van der Waals surface area contributed by atoms with Crippen LogP contribution in [0.3, 0.4) is 0 Å². The number of anilines is 2. The molecule has 1 aromatic rings. The van der Waals surface area contributed by atoms with Crippen molar-refractivity contribution < 1.29 is 4.79 Å². The maximum absolute atomic E-state index is 12.3. The van der Waals surface area contributed by atoms with Crippen molar-refractivity contribution in [1.82, 2.24) is 5.32 Å². The molecule has 2 unspecified atom stereocenters. The van der Waals surface area contributed by atoms with E-state index in [2.05, 4.69) is 34.6 Å². The molecule has 1 amide bonds. The average molecular weight is 287 g/mol. The molecule has 114 valence electrons. The summed E-state index contributed by atoms with van der Waals surface area (Å²) in [5.74, 6) is 0.303. The van der Waals surface area contributed by atoms with E-state index >= 15 is 0 Å². The summed E-state index contributed by atoms with van der Waals surface area (Å²) in [6.45, 7) is 5.38. The van der Waals surface area contributed by atoms with E-state index in [0.29, 0.717) is 6.04 Å². The fraction of sp³-hybridized carbons (Fsp3) is 0.588. The molecular weight excluding hydrogens is 262 g/mol. The molecular formula is C17H25N3O. The highest BCUT2D eigenvalue weighted by Gasteiger charge is 2.24. The minimum Gasteiger partial charge on any atom is -0.372 e. The third-order valence-corrected chi connectivity index (χ3v) is 4.60. The summed E-state index contributed by atoms with van der Waals surface area (Å²) < 4.78 is 0. The van der Waals surface area contributed by atoms with Gasteiger partial charge in [-0.15, -0.1) is 0 Å². The molecule has 0 bridgehead atoms. The van der Waals surface area contributed by atoms with Crippen molar-refractivity contribution in [2.75, 3.05) is 29.9 Å². The van der Waals surface area contributed by atoms with Crippen LogP contribution in [0.25, 0.3) is 0 Å². The van der Waals surface area contributed by atoms with Crippen molar-refractivity contribution in [3.63, 3.8) is 0 Å². The number of benzene rings is 1.